The van der Waals surface area contributed by atoms with Gasteiger partial charge >= 0.3 is 0 Å². The summed E-state index contributed by atoms with van der Waals surface area (Å²) in [5, 5.41) is 2.90. The van der Waals surface area contributed by atoms with Crippen LogP contribution in [-0.4, -0.2) is 71.4 Å². The lowest BCUT2D eigenvalue weighted by atomic mass is 10.0. The summed E-state index contributed by atoms with van der Waals surface area (Å²) in [6.45, 7) is 3.90. The first kappa shape index (κ1) is 28.1. The molecule has 40 heavy (non-hydrogen) atoms. The van der Waals surface area contributed by atoms with E-state index in [1.807, 2.05) is 50.2 Å². The maximum atomic E-state index is 13.8. The second-order valence-electron chi connectivity index (χ2n) is 10.6. The quantitative estimate of drug-likeness (QED) is 0.415. The summed E-state index contributed by atoms with van der Waals surface area (Å²) in [4.78, 5) is 47.1. The van der Waals surface area contributed by atoms with E-state index in [0.29, 0.717) is 23.4 Å². The Morgan fingerprint density at radius 1 is 1.07 bits per heavy atom. The number of sulfonamides is 1. The third-order valence-electron chi connectivity index (χ3n) is 7.27. The van der Waals surface area contributed by atoms with Crippen molar-refractivity contribution in [3.8, 4) is 10.4 Å². The molecule has 1 aromatic carbocycles. The lowest BCUT2D eigenvalue weighted by molar-refractivity contribution is -0.138. The van der Waals surface area contributed by atoms with Gasteiger partial charge in [-0.2, -0.15) is 4.31 Å². The summed E-state index contributed by atoms with van der Waals surface area (Å²) in [6, 6.07) is 16.1. The number of nitrogens with one attached hydrogen (secondary N) is 1. The topological polar surface area (TPSA) is 117 Å². The summed E-state index contributed by atoms with van der Waals surface area (Å²) in [5.74, 6) is -1.21. The highest BCUT2D eigenvalue weighted by molar-refractivity contribution is 7.88. The predicted octanol–water partition coefficient (Wildman–Crippen LogP) is 3.34. The van der Waals surface area contributed by atoms with Crippen molar-refractivity contribution in [2.24, 2.45) is 5.92 Å². The van der Waals surface area contributed by atoms with Gasteiger partial charge in [-0.05, 0) is 48.6 Å². The zero-order valence-electron chi connectivity index (χ0n) is 22.4. The number of pyridine rings is 1. The highest BCUT2D eigenvalue weighted by Gasteiger charge is 2.54. The van der Waals surface area contributed by atoms with E-state index in [4.69, 9.17) is 0 Å². The molecule has 2 aliphatic heterocycles. The smallest absolute Gasteiger partial charge is 0.262 e. The van der Waals surface area contributed by atoms with Gasteiger partial charge in [-0.3, -0.25) is 19.4 Å². The number of benzene rings is 1. The lowest BCUT2D eigenvalue weighted by Gasteiger charge is -2.29. The number of aromatic nitrogens is 1. The largest absolute Gasteiger partial charge is 0.340 e. The van der Waals surface area contributed by atoms with Crippen LogP contribution in [0.2, 0.25) is 0 Å². The molecule has 0 radical (unpaired) electrons. The van der Waals surface area contributed by atoms with Crippen LogP contribution in [0.1, 0.15) is 42.1 Å². The van der Waals surface area contributed by atoms with Gasteiger partial charge in [-0.15, -0.1) is 11.3 Å². The van der Waals surface area contributed by atoms with Gasteiger partial charge in [-0.1, -0.05) is 50.2 Å². The number of fused-ring (bicyclic) bond motifs is 1. The fourth-order valence-corrected chi connectivity index (χ4v) is 8.06. The fourth-order valence-electron chi connectivity index (χ4n) is 5.48. The van der Waals surface area contributed by atoms with Gasteiger partial charge in [0.25, 0.3) is 5.91 Å². The highest BCUT2D eigenvalue weighted by Crippen LogP contribution is 2.34. The second kappa shape index (κ2) is 11.6. The van der Waals surface area contributed by atoms with E-state index in [-0.39, 0.29) is 42.4 Å². The van der Waals surface area contributed by atoms with Gasteiger partial charge in [0.15, 0.2) is 5.78 Å². The van der Waals surface area contributed by atoms with E-state index in [2.05, 4.69) is 10.3 Å². The maximum Gasteiger partial charge on any atom is 0.262 e. The summed E-state index contributed by atoms with van der Waals surface area (Å²) >= 11 is 1.35. The van der Waals surface area contributed by atoms with Crippen molar-refractivity contribution in [2.75, 3.05) is 13.1 Å². The molecule has 3 aromatic rings. The standard InChI is InChI=1S/C29H32N4O5S2/c1-19(2)16-22(31-28(35)26-12-11-25(39-26)20-8-4-3-5-9-20)29(36)32-15-13-23-27(32)24(34)17-33(23)40(37,38)18-21-10-6-7-14-30-21/h3-12,14,19,22-23,27H,13,15-18H2,1-2H3,(H,31,35). The van der Waals surface area contributed by atoms with Crippen LogP contribution in [0.3, 0.4) is 0 Å². The average Bonchev–Trinajstić information content (AvgIpc) is 3.66. The van der Waals surface area contributed by atoms with Crippen molar-refractivity contribution in [3.63, 3.8) is 0 Å². The summed E-state index contributed by atoms with van der Waals surface area (Å²) in [6.07, 6.45) is 2.28. The number of hydrogen-bond donors (Lipinski definition) is 1. The number of carbonyl (C=O) groups is 3. The number of Topliss-reactive ketones (excluding diaryl/α,β-unsaturated/α-hetero) is 1. The molecule has 0 bridgehead atoms. The van der Waals surface area contributed by atoms with Crippen LogP contribution in [0.5, 0.6) is 0 Å². The van der Waals surface area contributed by atoms with Crippen molar-refractivity contribution in [3.05, 3.63) is 77.4 Å². The molecular weight excluding hydrogens is 548 g/mol. The SMILES string of the molecule is CC(C)CC(NC(=O)c1ccc(-c2ccccc2)s1)C(=O)N1CCC2C1C(=O)CN2S(=O)(=O)Cc1ccccn1. The van der Waals surface area contributed by atoms with Crippen LogP contribution in [-0.2, 0) is 25.4 Å². The van der Waals surface area contributed by atoms with Crippen molar-refractivity contribution in [2.45, 2.75) is 50.6 Å². The Bertz CT molecular complexity index is 1490. The number of carbonyl (C=O) groups excluding carboxylic acids is 3. The number of likely N-dealkylation sites (tertiary alicyclic amines) is 1. The van der Waals surface area contributed by atoms with Crippen molar-refractivity contribution < 1.29 is 22.8 Å². The lowest BCUT2D eigenvalue weighted by Crippen LogP contribution is -2.52. The predicted molar refractivity (Wildman–Crippen MR) is 153 cm³/mol. The minimum absolute atomic E-state index is 0.102. The van der Waals surface area contributed by atoms with E-state index in [0.717, 1.165) is 10.4 Å². The maximum absolute atomic E-state index is 13.8. The molecule has 210 valence electrons. The Balaban J connectivity index is 1.31. The van der Waals surface area contributed by atoms with Gasteiger partial charge in [0.1, 0.15) is 17.8 Å². The Labute approximate surface area is 238 Å². The van der Waals surface area contributed by atoms with Gasteiger partial charge < -0.3 is 10.2 Å². The molecule has 2 saturated heterocycles. The minimum atomic E-state index is -3.82. The van der Waals surface area contributed by atoms with Crippen LogP contribution in [0, 0.1) is 5.92 Å². The number of ketones is 1. The number of amides is 2. The Morgan fingerprint density at radius 3 is 2.52 bits per heavy atom. The van der Waals surface area contributed by atoms with Crippen molar-refractivity contribution in [1.82, 2.24) is 19.5 Å². The van der Waals surface area contributed by atoms with Crippen LogP contribution in [0.4, 0.5) is 0 Å². The first-order chi connectivity index (χ1) is 19.1. The third kappa shape index (κ3) is 5.86. The summed E-state index contributed by atoms with van der Waals surface area (Å²) in [5.41, 5.74) is 1.40. The number of rotatable bonds is 9. The van der Waals surface area contributed by atoms with Crippen LogP contribution < -0.4 is 5.32 Å². The molecule has 0 spiro atoms. The molecule has 3 atom stereocenters. The number of hydrogen-bond acceptors (Lipinski definition) is 7. The molecule has 3 unspecified atom stereocenters. The van der Waals surface area contributed by atoms with Crippen molar-refractivity contribution >= 4 is 39.0 Å². The van der Waals surface area contributed by atoms with E-state index < -0.39 is 28.1 Å². The van der Waals surface area contributed by atoms with E-state index in [1.165, 1.54) is 26.7 Å². The van der Waals surface area contributed by atoms with E-state index >= 15 is 0 Å². The first-order valence-corrected chi connectivity index (χ1v) is 15.8. The molecule has 2 amide bonds. The van der Waals surface area contributed by atoms with Gasteiger partial charge in [0.2, 0.25) is 15.9 Å². The van der Waals surface area contributed by atoms with Gasteiger partial charge in [-0.25, -0.2) is 8.42 Å². The minimum Gasteiger partial charge on any atom is -0.340 e. The molecule has 0 saturated carbocycles. The average molecular weight is 581 g/mol. The van der Waals surface area contributed by atoms with Crippen LogP contribution in [0.15, 0.2) is 66.9 Å². The Kier molecular flexibility index (Phi) is 8.16. The van der Waals surface area contributed by atoms with Gasteiger partial charge in [0, 0.05) is 17.6 Å². The van der Waals surface area contributed by atoms with Gasteiger partial charge in [0.05, 0.1) is 23.2 Å². The molecule has 1 N–H and O–H groups in total. The zero-order valence-corrected chi connectivity index (χ0v) is 24.0. The molecule has 11 heteroatoms. The summed E-state index contributed by atoms with van der Waals surface area (Å²) in [7, 11) is -3.82. The monoisotopic (exact) mass is 580 g/mol. The van der Waals surface area contributed by atoms with Crippen LogP contribution in [0.25, 0.3) is 10.4 Å². The molecule has 0 aliphatic carbocycles. The van der Waals surface area contributed by atoms with E-state index in [9.17, 15) is 22.8 Å². The number of thiophene rings is 1. The fraction of sp³-hybridized carbons (Fsp3) is 0.379. The molecule has 5 rings (SSSR count). The molecule has 9 nitrogen and oxygen atoms in total. The molecule has 4 heterocycles. The highest BCUT2D eigenvalue weighted by atomic mass is 32.2. The normalized spacial score (nSPS) is 20.1. The molecule has 2 aliphatic rings. The first-order valence-electron chi connectivity index (χ1n) is 13.3. The molecule has 2 aromatic heterocycles. The zero-order chi connectivity index (χ0) is 28.4. The Morgan fingerprint density at radius 2 is 1.82 bits per heavy atom. The summed E-state index contributed by atoms with van der Waals surface area (Å²) < 4.78 is 27.7. The Hall–Kier alpha value is -3.41. The second-order valence-corrected chi connectivity index (χ2v) is 13.6. The molecule has 2 fully saturated rings. The van der Waals surface area contributed by atoms with Crippen LogP contribution >= 0.6 is 11.3 Å². The third-order valence-corrected chi connectivity index (χ3v) is 10.2. The van der Waals surface area contributed by atoms with E-state index in [1.54, 1.807) is 24.3 Å². The van der Waals surface area contributed by atoms with Crippen molar-refractivity contribution in [1.29, 1.82) is 0 Å². The number of nitrogens with zero attached hydrogens (tertiary/aromatic N) is 3. The molecular formula is C29H32N4O5S2.